The Bertz CT molecular complexity index is 230. The second-order valence-electron chi connectivity index (χ2n) is 2.94. The minimum atomic E-state index is 0.835. The molecule has 0 saturated carbocycles. The van der Waals surface area contributed by atoms with E-state index in [4.69, 9.17) is 11.6 Å². The summed E-state index contributed by atoms with van der Waals surface area (Å²) in [5.41, 5.74) is 1.33. The van der Waals surface area contributed by atoms with Gasteiger partial charge >= 0.3 is 0 Å². The van der Waals surface area contributed by atoms with Crippen LogP contribution in [0, 0.1) is 6.92 Å². The van der Waals surface area contributed by atoms with Crippen molar-refractivity contribution < 1.29 is 0 Å². The van der Waals surface area contributed by atoms with Gasteiger partial charge in [0.25, 0.3) is 0 Å². The van der Waals surface area contributed by atoms with Crippen LogP contribution in [0.2, 0.25) is 5.02 Å². The molecule has 0 unspecified atom stereocenters. The van der Waals surface area contributed by atoms with Crippen molar-refractivity contribution in [2.24, 2.45) is 0 Å². The molecule has 0 aliphatic carbocycles. The zero-order valence-corrected chi connectivity index (χ0v) is 7.98. The molecule has 1 aromatic rings. The van der Waals surface area contributed by atoms with Gasteiger partial charge in [-0.1, -0.05) is 43.5 Å². The van der Waals surface area contributed by atoms with Crippen LogP contribution in [0.3, 0.4) is 0 Å². The maximum atomic E-state index is 5.85. The molecule has 0 aromatic heterocycles. The van der Waals surface area contributed by atoms with Crippen molar-refractivity contribution in [1.82, 2.24) is 0 Å². The summed E-state index contributed by atoms with van der Waals surface area (Å²) in [7, 11) is 0. The quantitative estimate of drug-likeness (QED) is 0.619. The maximum absolute atomic E-state index is 5.85. The fraction of sp³-hybridized carbons (Fsp3) is 0.364. The highest BCUT2D eigenvalue weighted by molar-refractivity contribution is 6.30. The molecule has 12 heavy (non-hydrogen) atoms. The number of hydrogen-bond donors (Lipinski definition) is 0. The van der Waals surface area contributed by atoms with E-state index in [1.54, 1.807) is 0 Å². The Balaban J connectivity index is 2.41. The summed E-state index contributed by atoms with van der Waals surface area (Å²) in [5, 5.41) is 0.835. The summed E-state index contributed by atoms with van der Waals surface area (Å²) >= 11 is 5.85. The van der Waals surface area contributed by atoms with Gasteiger partial charge in [-0.15, -0.1) is 0 Å². The third kappa shape index (κ3) is 3.27. The molecule has 0 N–H and O–H groups in total. The van der Waals surface area contributed by atoms with Crippen LogP contribution in [-0.4, -0.2) is 0 Å². The minimum absolute atomic E-state index is 0.835. The van der Waals surface area contributed by atoms with E-state index < -0.39 is 0 Å². The van der Waals surface area contributed by atoms with Crippen LogP contribution in [0.4, 0.5) is 0 Å². The lowest BCUT2D eigenvalue weighted by Crippen LogP contribution is -1.84. The van der Waals surface area contributed by atoms with E-state index in [1.165, 1.54) is 18.4 Å². The Kier molecular flexibility index (Phi) is 4.16. The zero-order valence-electron chi connectivity index (χ0n) is 7.22. The van der Waals surface area contributed by atoms with Crippen LogP contribution in [0.25, 0.3) is 0 Å². The van der Waals surface area contributed by atoms with Crippen molar-refractivity contribution in [3.8, 4) is 0 Å². The highest BCUT2D eigenvalue weighted by Crippen LogP contribution is 2.12. The summed E-state index contributed by atoms with van der Waals surface area (Å²) in [6.07, 6.45) is 4.56. The lowest BCUT2D eigenvalue weighted by Gasteiger charge is -2.00. The van der Waals surface area contributed by atoms with E-state index in [0.717, 1.165) is 17.9 Å². The molecule has 1 heteroatoms. The second-order valence-corrected chi connectivity index (χ2v) is 3.38. The molecule has 1 radical (unpaired) electrons. The molecule has 0 bridgehead atoms. The summed E-state index contributed by atoms with van der Waals surface area (Å²) < 4.78 is 0. The third-order valence-corrected chi connectivity index (χ3v) is 2.09. The summed E-state index contributed by atoms with van der Waals surface area (Å²) in [4.78, 5) is 0. The number of rotatable bonds is 4. The van der Waals surface area contributed by atoms with Crippen molar-refractivity contribution in [3.05, 3.63) is 41.8 Å². The van der Waals surface area contributed by atoms with E-state index in [1.807, 2.05) is 18.2 Å². The molecule has 0 spiro atoms. The van der Waals surface area contributed by atoms with Crippen molar-refractivity contribution in [2.75, 3.05) is 0 Å². The zero-order chi connectivity index (χ0) is 8.81. The summed E-state index contributed by atoms with van der Waals surface area (Å²) in [6, 6.07) is 8.06. The Morgan fingerprint density at radius 2 is 2.08 bits per heavy atom. The van der Waals surface area contributed by atoms with Crippen LogP contribution in [0.15, 0.2) is 24.3 Å². The van der Waals surface area contributed by atoms with Gasteiger partial charge in [0, 0.05) is 5.02 Å². The second kappa shape index (κ2) is 5.21. The maximum Gasteiger partial charge on any atom is 0.0408 e. The molecule has 0 saturated heterocycles. The molecule has 0 fully saturated rings. The summed E-state index contributed by atoms with van der Waals surface area (Å²) in [5.74, 6) is 0. The van der Waals surface area contributed by atoms with Gasteiger partial charge in [-0.25, -0.2) is 0 Å². The molecule has 65 valence electrons. The number of halogens is 1. The van der Waals surface area contributed by atoms with Gasteiger partial charge < -0.3 is 0 Å². The van der Waals surface area contributed by atoms with Crippen LogP contribution >= 0.6 is 11.6 Å². The van der Waals surface area contributed by atoms with Gasteiger partial charge in [-0.3, -0.25) is 0 Å². The van der Waals surface area contributed by atoms with Crippen LogP contribution in [-0.2, 0) is 6.42 Å². The largest absolute Gasteiger partial charge is 0.0843 e. The van der Waals surface area contributed by atoms with Crippen molar-refractivity contribution in [1.29, 1.82) is 0 Å². The molecule has 0 aliphatic heterocycles. The average Bonchev–Trinajstić information content (AvgIpc) is 2.05. The van der Waals surface area contributed by atoms with E-state index in [0.29, 0.717) is 0 Å². The monoisotopic (exact) mass is 181 g/mol. The molecule has 1 rings (SSSR count). The summed E-state index contributed by atoms with van der Waals surface area (Å²) in [6.45, 7) is 3.81. The predicted octanol–water partition coefficient (Wildman–Crippen LogP) is 3.89. The van der Waals surface area contributed by atoms with Gasteiger partial charge in [-0.2, -0.15) is 0 Å². The van der Waals surface area contributed by atoms with Gasteiger partial charge in [0.2, 0.25) is 0 Å². The minimum Gasteiger partial charge on any atom is -0.0843 e. The van der Waals surface area contributed by atoms with E-state index >= 15 is 0 Å². The van der Waals surface area contributed by atoms with E-state index in [-0.39, 0.29) is 0 Å². The van der Waals surface area contributed by atoms with Crippen molar-refractivity contribution in [2.45, 2.75) is 25.7 Å². The van der Waals surface area contributed by atoms with Gasteiger partial charge in [0.05, 0.1) is 0 Å². The molecule has 0 nitrogen and oxygen atoms in total. The van der Waals surface area contributed by atoms with Crippen LogP contribution in [0.5, 0.6) is 0 Å². The lowest BCUT2D eigenvalue weighted by atomic mass is 10.1. The van der Waals surface area contributed by atoms with E-state index in [2.05, 4.69) is 13.0 Å². The molecule has 0 atom stereocenters. The SMILES string of the molecule is [CH2]CCCCc1cccc(Cl)c1. The number of aryl methyl sites for hydroxylation is 1. The number of benzene rings is 1. The molecule has 0 amide bonds. The third-order valence-electron chi connectivity index (χ3n) is 1.85. The number of hydrogen-bond acceptors (Lipinski definition) is 0. The van der Waals surface area contributed by atoms with Crippen LogP contribution < -0.4 is 0 Å². The Morgan fingerprint density at radius 3 is 2.75 bits per heavy atom. The molecular weight excluding hydrogens is 168 g/mol. The molecule has 0 heterocycles. The Labute approximate surface area is 79.6 Å². The first-order chi connectivity index (χ1) is 5.83. The fourth-order valence-electron chi connectivity index (χ4n) is 1.20. The van der Waals surface area contributed by atoms with E-state index in [9.17, 15) is 0 Å². The first-order valence-corrected chi connectivity index (χ1v) is 4.74. The van der Waals surface area contributed by atoms with Gasteiger partial charge in [0.15, 0.2) is 0 Å². The first kappa shape index (κ1) is 9.60. The smallest absolute Gasteiger partial charge is 0.0408 e. The predicted molar refractivity (Wildman–Crippen MR) is 54.4 cm³/mol. The Hall–Kier alpha value is -0.490. The molecule has 1 aromatic carbocycles. The standard InChI is InChI=1S/C11H14Cl/c1-2-3-4-6-10-7-5-8-11(12)9-10/h5,7-9H,1-4,6H2. The average molecular weight is 182 g/mol. The number of unbranched alkanes of at least 4 members (excludes halogenated alkanes) is 2. The van der Waals surface area contributed by atoms with Crippen molar-refractivity contribution in [3.63, 3.8) is 0 Å². The molecular formula is C11H14Cl. The highest BCUT2D eigenvalue weighted by Gasteiger charge is 1.93. The van der Waals surface area contributed by atoms with Gasteiger partial charge in [0.1, 0.15) is 0 Å². The fourth-order valence-corrected chi connectivity index (χ4v) is 1.41. The van der Waals surface area contributed by atoms with Crippen molar-refractivity contribution >= 4 is 11.6 Å². The Morgan fingerprint density at radius 1 is 1.25 bits per heavy atom. The lowest BCUT2D eigenvalue weighted by molar-refractivity contribution is 0.746. The normalized spacial score (nSPS) is 10.2. The van der Waals surface area contributed by atoms with Gasteiger partial charge in [-0.05, 0) is 30.5 Å². The first-order valence-electron chi connectivity index (χ1n) is 4.36. The highest BCUT2D eigenvalue weighted by atomic mass is 35.5. The molecule has 0 aliphatic rings. The van der Waals surface area contributed by atoms with Crippen LogP contribution in [0.1, 0.15) is 24.8 Å². The topological polar surface area (TPSA) is 0 Å².